The third-order valence-electron chi connectivity index (χ3n) is 1.53. The van der Waals surface area contributed by atoms with E-state index in [9.17, 15) is 0 Å². The van der Waals surface area contributed by atoms with E-state index in [1.807, 2.05) is 38.1 Å². The smallest absolute Gasteiger partial charge is 0.0387 e. The fraction of sp³-hybridized carbons (Fsp3) is 0.333. The molecule has 0 amide bonds. The molecule has 0 aliphatic carbocycles. The normalized spacial score (nSPS) is 9.46. The zero-order valence-corrected chi connectivity index (χ0v) is 8.75. The van der Waals surface area contributed by atoms with Gasteiger partial charge in [0.05, 0.1) is 0 Å². The van der Waals surface area contributed by atoms with Gasteiger partial charge in [0.15, 0.2) is 0 Å². The van der Waals surface area contributed by atoms with Gasteiger partial charge >= 0.3 is 0 Å². The van der Waals surface area contributed by atoms with E-state index in [1.165, 1.54) is 0 Å². The van der Waals surface area contributed by atoms with Crippen LogP contribution in [-0.2, 0) is 0 Å². The monoisotopic (exact) mass is 177 g/mol. The van der Waals surface area contributed by atoms with Gasteiger partial charge in [-0.1, -0.05) is 51.1 Å². The molecule has 0 aliphatic heterocycles. The molecule has 0 saturated heterocycles. The number of allylic oxidation sites excluding steroid dienone is 1. The van der Waals surface area contributed by atoms with E-state index < -0.39 is 0 Å². The summed E-state index contributed by atoms with van der Waals surface area (Å²) in [7, 11) is 0. The molecule has 0 aromatic heterocycles. The molecule has 2 N–H and O–H groups in total. The van der Waals surface area contributed by atoms with E-state index in [0.717, 1.165) is 17.7 Å². The molecule has 0 radical (unpaired) electrons. The zero-order valence-electron chi connectivity index (χ0n) is 8.75. The fourth-order valence-electron chi connectivity index (χ4n) is 0.907. The molecule has 0 heterocycles. The van der Waals surface area contributed by atoms with Crippen molar-refractivity contribution in [1.82, 2.24) is 0 Å². The largest absolute Gasteiger partial charge is 0.398 e. The Kier molecular flexibility index (Phi) is 6.70. The van der Waals surface area contributed by atoms with Crippen LogP contribution in [0.1, 0.15) is 32.8 Å². The Labute approximate surface area is 81.3 Å². The Hall–Kier alpha value is -1.24. The van der Waals surface area contributed by atoms with Crippen LogP contribution in [-0.4, -0.2) is 0 Å². The third kappa shape index (κ3) is 4.36. The van der Waals surface area contributed by atoms with Crippen LogP contribution in [0.5, 0.6) is 0 Å². The summed E-state index contributed by atoms with van der Waals surface area (Å²) in [5.41, 5.74) is 7.66. The van der Waals surface area contributed by atoms with Gasteiger partial charge in [-0.2, -0.15) is 0 Å². The molecular formula is C12H19N. The van der Waals surface area contributed by atoms with Gasteiger partial charge in [-0.25, -0.2) is 0 Å². The van der Waals surface area contributed by atoms with Gasteiger partial charge in [0.25, 0.3) is 0 Å². The maximum Gasteiger partial charge on any atom is 0.0387 e. The molecule has 0 bridgehead atoms. The van der Waals surface area contributed by atoms with Crippen molar-refractivity contribution in [1.29, 1.82) is 0 Å². The highest BCUT2D eigenvalue weighted by atomic mass is 14.5. The minimum Gasteiger partial charge on any atom is -0.398 e. The Morgan fingerprint density at radius 3 is 2.38 bits per heavy atom. The van der Waals surface area contributed by atoms with Crippen LogP contribution in [0.2, 0.25) is 0 Å². The predicted molar refractivity (Wildman–Crippen MR) is 61.5 cm³/mol. The molecule has 0 aliphatic rings. The molecule has 0 atom stereocenters. The van der Waals surface area contributed by atoms with Gasteiger partial charge < -0.3 is 5.73 Å². The van der Waals surface area contributed by atoms with E-state index in [-0.39, 0.29) is 0 Å². The molecule has 1 aromatic carbocycles. The number of nitrogen functional groups attached to an aromatic ring is 1. The van der Waals surface area contributed by atoms with Crippen LogP contribution in [0, 0.1) is 0 Å². The Morgan fingerprint density at radius 1 is 1.23 bits per heavy atom. The second-order valence-electron chi connectivity index (χ2n) is 2.44. The molecule has 0 saturated carbocycles. The maximum absolute atomic E-state index is 5.71. The number of nitrogens with two attached hydrogens (primary N) is 1. The number of benzene rings is 1. The standard InChI is InChI=1S/C10H13N.C2H6/c1-2-3-6-9-7-4-5-8-10(9)11;1-2/h3-8H,2,11H2,1H3;1-2H3/b6-3+;. The average Bonchev–Trinajstić information content (AvgIpc) is 2.20. The van der Waals surface area contributed by atoms with Crippen LogP contribution in [0.4, 0.5) is 5.69 Å². The molecule has 0 fully saturated rings. The Morgan fingerprint density at radius 2 is 1.85 bits per heavy atom. The summed E-state index contributed by atoms with van der Waals surface area (Å²) in [5, 5.41) is 0. The quantitative estimate of drug-likeness (QED) is 0.684. The van der Waals surface area contributed by atoms with Crippen LogP contribution in [0.3, 0.4) is 0 Å². The summed E-state index contributed by atoms with van der Waals surface area (Å²) in [6.07, 6.45) is 5.20. The van der Waals surface area contributed by atoms with Crippen molar-refractivity contribution in [3.05, 3.63) is 35.9 Å². The van der Waals surface area contributed by atoms with E-state index in [0.29, 0.717) is 0 Å². The summed E-state index contributed by atoms with van der Waals surface area (Å²) in [6.45, 7) is 6.11. The number of hydrogen-bond acceptors (Lipinski definition) is 1. The van der Waals surface area contributed by atoms with Crippen molar-refractivity contribution in [3.63, 3.8) is 0 Å². The van der Waals surface area contributed by atoms with E-state index in [1.54, 1.807) is 0 Å². The molecule has 13 heavy (non-hydrogen) atoms. The van der Waals surface area contributed by atoms with Crippen molar-refractivity contribution in [3.8, 4) is 0 Å². The summed E-state index contributed by atoms with van der Waals surface area (Å²) in [4.78, 5) is 0. The van der Waals surface area contributed by atoms with Crippen molar-refractivity contribution >= 4 is 11.8 Å². The van der Waals surface area contributed by atoms with Gasteiger partial charge in [-0.3, -0.25) is 0 Å². The number of hydrogen-bond donors (Lipinski definition) is 1. The molecule has 72 valence electrons. The van der Waals surface area contributed by atoms with Crippen LogP contribution in [0.25, 0.3) is 6.08 Å². The maximum atomic E-state index is 5.71. The lowest BCUT2D eigenvalue weighted by molar-refractivity contribution is 1.23. The van der Waals surface area contributed by atoms with E-state index in [2.05, 4.69) is 19.1 Å². The first kappa shape index (κ1) is 11.8. The topological polar surface area (TPSA) is 26.0 Å². The molecule has 1 heteroatoms. The highest BCUT2D eigenvalue weighted by Crippen LogP contribution is 2.11. The summed E-state index contributed by atoms with van der Waals surface area (Å²) >= 11 is 0. The number of para-hydroxylation sites is 1. The first-order chi connectivity index (χ1) is 6.34. The summed E-state index contributed by atoms with van der Waals surface area (Å²) < 4.78 is 0. The molecule has 0 spiro atoms. The lowest BCUT2D eigenvalue weighted by Gasteiger charge is -1.96. The SMILES string of the molecule is CC.CC/C=C/c1ccccc1N. The van der Waals surface area contributed by atoms with Crippen LogP contribution >= 0.6 is 0 Å². The van der Waals surface area contributed by atoms with Crippen LogP contribution in [0.15, 0.2) is 30.3 Å². The lowest BCUT2D eigenvalue weighted by atomic mass is 10.1. The Balaban J connectivity index is 0.000000671. The third-order valence-corrected chi connectivity index (χ3v) is 1.53. The molecule has 1 aromatic rings. The molecular weight excluding hydrogens is 158 g/mol. The second kappa shape index (κ2) is 7.41. The van der Waals surface area contributed by atoms with Crippen molar-refractivity contribution in [2.24, 2.45) is 0 Å². The molecule has 1 nitrogen and oxygen atoms in total. The van der Waals surface area contributed by atoms with E-state index in [4.69, 9.17) is 5.73 Å². The zero-order chi connectivity index (χ0) is 10.1. The van der Waals surface area contributed by atoms with Crippen molar-refractivity contribution < 1.29 is 0 Å². The van der Waals surface area contributed by atoms with Gasteiger partial charge in [0, 0.05) is 5.69 Å². The summed E-state index contributed by atoms with van der Waals surface area (Å²) in [6, 6.07) is 7.86. The van der Waals surface area contributed by atoms with Gasteiger partial charge in [-0.15, -0.1) is 0 Å². The van der Waals surface area contributed by atoms with E-state index >= 15 is 0 Å². The number of anilines is 1. The first-order valence-corrected chi connectivity index (χ1v) is 4.85. The van der Waals surface area contributed by atoms with Gasteiger partial charge in [-0.05, 0) is 18.1 Å². The molecule has 1 rings (SSSR count). The van der Waals surface area contributed by atoms with Gasteiger partial charge in [0.1, 0.15) is 0 Å². The minimum atomic E-state index is 0.845. The predicted octanol–water partition coefficient (Wildman–Crippen LogP) is 3.72. The first-order valence-electron chi connectivity index (χ1n) is 4.85. The highest BCUT2D eigenvalue weighted by Gasteiger charge is 1.89. The summed E-state index contributed by atoms with van der Waals surface area (Å²) in [5.74, 6) is 0. The molecule has 0 unspecified atom stereocenters. The average molecular weight is 177 g/mol. The second-order valence-corrected chi connectivity index (χ2v) is 2.44. The lowest BCUT2D eigenvalue weighted by Crippen LogP contribution is -1.86. The van der Waals surface area contributed by atoms with Crippen molar-refractivity contribution in [2.75, 3.05) is 5.73 Å². The Bertz CT molecular complexity index is 251. The van der Waals surface area contributed by atoms with Gasteiger partial charge in [0.2, 0.25) is 0 Å². The highest BCUT2D eigenvalue weighted by molar-refractivity contribution is 5.63. The van der Waals surface area contributed by atoms with Crippen LogP contribution < -0.4 is 5.73 Å². The number of rotatable bonds is 2. The minimum absolute atomic E-state index is 0.845. The fourth-order valence-corrected chi connectivity index (χ4v) is 0.907. The van der Waals surface area contributed by atoms with Crippen molar-refractivity contribution in [2.45, 2.75) is 27.2 Å².